The molecular formula is C15H23ClN2O3. The van der Waals surface area contributed by atoms with E-state index in [1.807, 2.05) is 31.2 Å². The average molecular weight is 315 g/mol. The molecule has 118 valence electrons. The van der Waals surface area contributed by atoms with Gasteiger partial charge in [0.15, 0.2) is 0 Å². The Bertz CT molecular complexity index is 433. The highest BCUT2D eigenvalue weighted by Gasteiger charge is 2.26. The first-order valence-corrected chi connectivity index (χ1v) is 7.07. The molecule has 0 bridgehead atoms. The number of amides is 1. The summed E-state index contributed by atoms with van der Waals surface area (Å²) in [4.78, 5) is 12.1. The average Bonchev–Trinajstić information content (AvgIpc) is 2.49. The van der Waals surface area contributed by atoms with E-state index < -0.39 is 6.04 Å². The third-order valence-corrected chi connectivity index (χ3v) is 3.51. The van der Waals surface area contributed by atoms with Gasteiger partial charge in [-0.2, -0.15) is 0 Å². The second-order valence-corrected chi connectivity index (χ2v) is 4.92. The van der Waals surface area contributed by atoms with Crippen LogP contribution in [0.25, 0.3) is 0 Å². The van der Waals surface area contributed by atoms with E-state index in [1.54, 1.807) is 0 Å². The van der Waals surface area contributed by atoms with Crippen LogP contribution in [0.2, 0.25) is 0 Å². The van der Waals surface area contributed by atoms with Crippen LogP contribution >= 0.6 is 12.4 Å². The van der Waals surface area contributed by atoms with Crippen LogP contribution < -0.4 is 15.8 Å². The van der Waals surface area contributed by atoms with Gasteiger partial charge < -0.3 is 20.5 Å². The third kappa shape index (κ3) is 5.19. The first-order chi connectivity index (χ1) is 9.70. The van der Waals surface area contributed by atoms with Crippen molar-refractivity contribution < 1.29 is 14.3 Å². The number of ether oxygens (including phenoxy) is 2. The van der Waals surface area contributed by atoms with Crippen molar-refractivity contribution in [1.82, 2.24) is 0 Å². The highest BCUT2D eigenvalue weighted by Crippen LogP contribution is 2.20. The summed E-state index contributed by atoms with van der Waals surface area (Å²) in [6, 6.07) is 6.82. The number of carbonyl (C=O) groups excluding carboxylic acids is 1. The number of anilines is 1. The number of hydrogen-bond acceptors (Lipinski definition) is 4. The van der Waals surface area contributed by atoms with Gasteiger partial charge in [0.2, 0.25) is 5.91 Å². The Morgan fingerprint density at radius 1 is 1.38 bits per heavy atom. The standard InChI is InChI=1S/C15H22N2O3.ClH/c1-2-20-13-5-3-12(4-6-13)17-15(18)14(16)11-7-9-19-10-8-11;/h3-6,11,14H,2,7-10,16H2,1H3,(H,17,18);1H. The van der Waals surface area contributed by atoms with Crippen LogP contribution in [-0.4, -0.2) is 31.8 Å². The van der Waals surface area contributed by atoms with Crippen molar-refractivity contribution >= 4 is 24.0 Å². The Morgan fingerprint density at radius 3 is 2.57 bits per heavy atom. The molecule has 0 radical (unpaired) electrons. The largest absolute Gasteiger partial charge is 0.494 e. The van der Waals surface area contributed by atoms with Crippen LogP contribution in [0.1, 0.15) is 19.8 Å². The van der Waals surface area contributed by atoms with Gasteiger partial charge in [-0.3, -0.25) is 4.79 Å². The second-order valence-electron chi connectivity index (χ2n) is 4.92. The van der Waals surface area contributed by atoms with Crippen LogP contribution in [0.5, 0.6) is 5.75 Å². The maximum absolute atomic E-state index is 12.1. The molecule has 1 atom stereocenters. The van der Waals surface area contributed by atoms with Gasteiger partial charge in [0, 0.05) is 18.9 Å². The monoisotopic (exact) mass is 314 g/mol. The number of nitrogens with one attached hydrogen (secondary N) is 1. The molecule has 1 aliphatic rings. The van der Waals surface area contributed by atoms with Crippen molar-refractivity contribution in [2.24, 2.45) is 11.7 Å². The van der Waals surface area contributed by atoms with E-state index in [0.29, 0.717) is 19.8 Å². The van der Waals surface area contributed by atoms with Crippen molar-refractivity contribution in [3.63, 3.8) is 0 Å². The van der Waals surface area contributed by atoms with Crippen molar-refractivity contribution in [3.8, 4) is 5.75 Å². The lowest BCUT2D eigenvalue weighted by molar-refractivity contribution is -0.119. The Morgan fingerprint density at radius 2 is 2.00 bits per heavy atom. The van der Waals surface area contributed by atoms with Crippen LogP contribution in [0.4, 0.5) is 5.69 Å². The first kappa shape index (κ1) is 17.8. The molecule has 0 spiro atoms. The Hall–Kier alpha value is -1.30. The van der Waals surface area contributed by atoms with E-state index in [2.05, 4.69) is 5.32 Å². The molecule has 0 aliphatic carbocycles. The maximum atomic E-state index is 12.1. The van der Waals surface area contributed by atoms with Crippen molar-refractivity contribution in [2.75, 3.05) is 25.1 Å². The lowest BCUT2D eigenvalue weighted by Crippen LogP contribution is -2.43. The summed E-state index contributed by atoms with van der Waals surface area (Å²) in [6.45, 7) is 3.94. The summed E-state index contributed by atoms with van der Waals surface area (Å²) in [6.07, 6.45) is 1.69. The van der Waals surface area contributed by atoms with Gasteiger partial charge >= 0.3 is 0 Å². The lowest BCUT2D eigenvalue weighted by atomic mass is 9.92. The molecule has 2 rings (SSSR count). The van der Waals surface area contributed by atoms with E-state index in [1.165, 1.54) is 0 Å². The number of carbonyl (C=O) groups is 1. The van der Waals surface area contributed by atoms with E-state index in [0.717, 1.165) is 24.3 Å². The SMILES string of the molecule is CCOc1ccc(NC(=O)C(N)C2CCOCC2)cc1.Cl. The van der Waals surface area contributed by atoms with Gasteiger partial charge in [-0.05, 0) is 49.9 Å². The molecule has 1 heterocycles. The second kappa shape index (κ2) is 8.87. The zero-order valence-electron chi connectivity index (χ0n) is 12.2. The zero-order chi connectivity index (χ0) is 14.4. The molecule has 21 heavy (non-hydrogen) atoms. The van der Waals surface area contributed by atoms with E-state index >= 15 is 0 Å². The Labute approximate surface area is 131 Å². The molecule has 6 heteroatoms. The number of nitrogens with two attached hydrogens (primary N) is 1. The molecule has 3 N–H and O–H groups in total. The highest BCUT2D eigenvalue weighted by molar-refractivity contribution is 5.94. The topological polar surface area (TPSA) is 73.6 Å². The van der Waals surface area contributed by atoms with Gasteiger partial charge in [0.25, 0.3) is 0 Å². The van der Waals surface area contributed by atoms with Crippen molar-refractivity contribution in [1.29, 1.82) is 0 Å². The van der Waals surface area contributed by atoms with Crippen molar-refractivity contribution in [2.45, 2.75) is 25.8 Å². The van der Waals surface area contributed by atoms with Crippen LogP contribution in [-0.2, 0) is 9.53 Å². The van der Waals surface area contributed by atoms with Crippen LogP contribution in [0, 0.1) is 5.92 Å². The minimum absolute atomic E-state index is 0. The fourth-order valence-electron chi connectivity index (χ4n) is 2.32. The van der Waals surface area contributed by atoms with E-state index in [4.69, 9.17) is 15.2 Å². The summed E-state index contributed by atoms with van der Waals surface area (Å²) in [7, 11) is 0. The zero-order valence-corrected chi connectivity index (χ0v) is 13.0. The van der Waals surface area contributed by atoms with E-state index in [-0.39, 0.29) is 24.2 Å². The van der Waals surface area contributed by atoms with Crippen LogP contribution in [0.15, 0.2) is 24.3 Å². The Kier molecular flexibility index (Phi) is 7.50. The molecule has 1 fully saturated rings. The molecule has 0 aromatic heterocycles. The number of rotatable bonds is 5. The maximum Gasteiger partial charge on any atom is 0.241 e. The van der Waals surface area contributed by atoms with Crippen LogP contribution in [0.3, 0.4) is 0 Å². The third-order valence-electron chi connectivity index (χ3n) is 3.51. The summed E-state index contributed by atoms with van der Waals surface area (Å²) in [5, 5.41) is 2.85. The van der Waals surface area contributed by atoms with E-state index in [9.17, 15) is 4.79 Å². The molecule has 1 aliphatic heterocycles. The fraction of sp³-hybridized carbons (Fsp3) is 0.533. The number of hydrogen-bond donors (Lipinski definition) is 2. The minimum Gasteiger partial charge on any atom is -0.494 e. The van der Waals surface area contributed by atoms with Gasteiger partial charge in [-0.15, -0.1) is 12.4 Å². The lowest BCUT2D eigenvalue weighted by Gasteiger charge is -2.26. The molecule has 1 saturated heterocycles. The molecule has 1 amide bonds. The predicted molar refractivity (Wildman–Crippen MR) is 85.0 cm³/mol. The summed E-state index contributed by atoms with van der Waals surface area (Å²) < 4.78 is 10.6. The smallest absolute Gasteiger partial charge is 0.241 e. The number of benzene rings is 1. The molecular weight excluding hydrogens is 292 g/mol. The van der Waals surface area contributed by atoms with Gasteiger partial charge in [0.1, 0.15) is 5.75 Å². The Balaban J connectivity index is 0.00000220. The molecule has 0 saturated carbocycles. The van der Waals surface area contributed by atoms with Gasteiger partial charge in [-0.25, -0.2) is 0 Å². The quantitative estimate of drug-likeness (QED) is 0.874. The van der Waals surface area contributed by atoms with Crippen molar-refractivity contribution in [3.05, 3.63) is 24.3 Å². The molecule has 5 nitrogen and oxygen atoms in total. The van der Waals surface area contributed by atoms with Gasteiger partial charge in [0.05, 0.1) is 12.6 Å². The summed E-state index contributed by atoms with van der Waals surface area (Å²) in [5.74, 6) is 0.853. The normalized spacial score (nSPS) is 16.7. The predicted octanol–water partition coefficient (Wildman–Crippen LogP) is 2.20. The minimum atomic E-state index is -0.481. The fourth-order valence-corrected chi connectivity index (χ4v) is 2.32. The number of halogens is 1. The highest BCUT2D eigenvalue weighted by atomic mass is 35.5. The molecule has 1 aromatic carbocycles. The summed E-state index contributed by atoms with van der Waals surface area (Å²) in [5.41, 5.74) is 6.76. The first-order valence-electron chi connectivity index (χ1n) is 7.07. The van der Waals surface area contributed by atoms with Gasteiger partial charge in [-0.1, -0.05) is 0 Å². The molecule has 1 unspecified atom stereocenters. The summed E-state index contributed by atoms with van der Waals surface area (Å²) >= 11 is 0. The molecule has 1 aromatic rings.